The summed E-state index contributed by atoms with van der Waals surface area (Å²) >= 11 is 0. The highest BCUT2D eigenvalue weighted by molar-refractivity contribution is 5.20. The van der Waals surface area contributed by atoms with E-state index in [1.54, 1.807) is 19.2 Å². The van der Waals surface area contributed by atoms with Crippen molar-refractivity contribution in [3.05, 3.63) is 35.6 Å². The van der Waals surface area contributed by atoms with Crippen molar-refractivity contribution in [2.75, 3.05) is 20.3 Å². The van der Waals surface area contributed by atoms with Crippen molar-refractivity contribution in [3.8, 4) is 0 Å². The highest BCUT2D eigenvalue weighted by Gasteiger charge is 2.10. The van der Waals surface area contributed by atoms with Crippen LogP contribution in [0.15, 0.2) is 24.3 Å². The van der Waals surface area contributed by atoms with Gasteiger partial charge in [-0.2, -0.15) is 0 Å². The molecule has 0 aliphatic heterocycles. The summed E-state index contributed by atoms with van der Waals surface area (Å²) in [7, 11) is 1.64. The van der Waals surface area contributed by atoms with Crippen LogP contribution in [0, 0.1) is 5.82 Å². The molecule has 1 unspecified atom stereocenters. The van der Waals surface area contributed by atoms with Gasteiger partial charge in [0.2, 0.25) is 0 Å². The van der Waals surface area contributed by atoms with Crippen LogP contribution in [0.1, 0.15) is 17.9 Å². The minimum Gasteiger partial charge on any atom is -0.384 e. The number of ether oxygens (including phenoxy) is 1. The van der Waals surface area contributed by atoms with Crippen LogP contribution in [-0.4, -0.2) is 20.3 Å². The van der Waals surface area contributed by atoms with Gasteiger partial charge in [-0.1, -0.05) is 12.1 Å². The summed E-state index contributed by atoms with van der Waals surface area (Å²) in [5, 5.41) is 0. The lowest BCUT2D eigenvalue weighted by Crippen LogP contribution is -2.12. The van der Waals surface area contributed by atoms with E-state index < -0.39 is 0 Å². The Morgan fingerprint density at radius 3 is 2.86 bits per heavy atom. The second kappa shape index (κ2) is 5.73. The molecule has 1 atom stereocenters. The summed E-state index contributed by atoms with van der Waals surface area (Å²) in [6.45, 7) is 1.17. The van der Waals surface area contributed by atoms with Crippen molar-refractivity contribution in [1.82, 2.24) is 0 Å². The lowest BCUT2D eigenvalue weighted by molar-refractivity contribution is 0.176. The van der Waals surface area contributed by atoms with E-state index in [2.05, 4.69) is 0 Å². The van der Waals surface area contributed by atoms with Crippen LogP contribution in [0.2, 0.25) is 0 Å². The Morgan fingerprint density at radius 2 is 2.29 bits per heavy atom. The molecule has 1 aromatic rings. The van der Waals surface area contributed by atoms with E-state index in [0.29, 0.717) is 13.2 Å². The highest BCUT2D eigenvalue weighted by atomic mass is 19.1. The van der Waals surface area contributed by atoms with Crippen LogP contribution < -0.4 is 5.73 Å². The minimum atomic E-state index is -0.208. The van der Waals surface area contributed by atoms with Crippen LogP contribution >= 0.6 is 0 Å². The van der Waals surface area contributed by atoms with Crippen molar-refractivity contribution in [2.45, 2.75) is 12.3 Å². The van der Waals surface area contributed by atoms with Crippen molar-refractivity contribution in [3.63, 3.8) is 0 Å². The lowest BCUT2D eigenvalue weighted by atomic mass is 9.96. The van der Waals surface area contributed by atoms with Crippen molar-refractivity contribution < 1.29 is 9.13 Å². The van der Waals surface area contributed by atoms with Gasteiger partial charge in [-0.15, -0.1) is 0 Å². The molecule has 0 spiro atoms. The van der Waals surface area contributed by atoms with Gasteiger partial charge in [-0.3, -0.25) is 0 Å². The number of benzene rings is 1. The van der Waals surface area contributed by atoms with Gasteiger partial charge in [0.25, 0.3) is 0 Å². The summed E-state index contributed by atoms with van der Waals surface area (Å²) < 4.78 is 18.0. The van der Waals surface area contributed by atoms with Gasteiger partial charge < -0.3 is 10.5 Å². The van der Waals surface area contributed by atoms with Crippen LogP contribution in [-0.2, 0) is 4.74 Å². The van der Waals surface area contributed by atoms with Crippen LogP contribution in [0.3, 0.4) is 0 Å². The van der Waals surface area contributed by atoms with Crippen molar-refractivity contribution in [2.24, 2.45) is 5.73 Å². The Hall–Kier alpha value is -0.930. The quantitative estimate of drug-likeness (QED) is 0.782. The molecule has 1 rings (SSSR count). The molecule has 0 fully saturated rings. The molecule has 0 saturated heterocycles. The van der Waals surface area contributed by atoms with Crippen molar-refractivity contribution in [1.29, 1.82) is 0 Å². The zero-order chi connectivity index (χ0) is 10.4. The van der Waals surface area contributed by atoms with Gasteiger partial charge in [-0.25, -0.2) is 4.39 Å². The van der Waals surface area contributed by atoms with Gasteiger partial charge in [0.05, 0.1) is 6.61 Å². The van der Waals surface area contributed by atoms with E-state index in [0.717, 1.165) is 12.0 Å². The smallest absolute Gasteiger partial charge is 0.123 e. The lowest BCUT2D eigenvalue weighted by Gasteiger charge is -2.15. The molecule has 1 aromatic carbocycles. The Morgan fingerprint density at radius 1 is 1.50 bits per heavy atom. The monoisotopic (exact) mass is 197 g/mol. The summed E-state index contributed by atoms with van der Waals surface area (Å²) in [5.41, 5.74) is 6.44. The number of hydrogen-bond acceptors (Lipinski definition) is 2. The number of methoxy groups -OCH3 is 1. The largest absolute Gasteiger partial charge is 0.384 e. The second-order valence-corrected chi connectivity index (χ2v) is 3.28. The number of halogens is 1. The number of nitrogens with two attached hydrogens (primary N) is 1. The van der Waals surface area contributed by atoms with Crippen LogP contribution in [0.4, 0.5) is 4.39 Å². The summed E-state index contributed by atoms with van der Waals surface area (Å²) in [6.07, 6.45) is 0.817. The zero-order valence-corrected chi connectivity index (χ0v) is 8.37. The van der Waals surface area contributed by atoms with Crippen molar-refractivity contribution >= 4 is 0 Å². The second-order valence-electron chi connectivity index (χ2n) is 3.28. The standard InChI is InChI=1S/C11H16FNO/c1-14-8-10(5-6-13)9-3-2-4-11(12)7-9/h2-4,7,10H,5-6,8,13H2,1H3. The fourth-order valence-electron chi connectivity index (χ4n) is 1.51. The topological polar surface area (TPSA) is 35.2 Å². The molecular formula is C11H16FNO. The molecule has 2 N–H and O–H groups in total. The SMILES string of the molecule is COCC(CCN)c1cccc(F)c1. The van der Waals surface area contributed by atoms with Crippen LogP contribution in [0.25, 0.3) is 0 Å². The Balaban J connectivity index is 2.75. The maximum Gasteiger partial charge on any atom is 0.123 e. The summed E-state index contributed by atoms with van der Waals surface area (Å²) in [5.74, 6) is -0.0127. The summed E-state index contributed by atoms with van der Waals surface area (Å²) in [6, 6.07) is 6.60. The minimum absolute atomic E-state index is 0.195. The Kier molecular flexibility index (Phi) is 4.56. The molecule has 0 heterocycles. The van der Waals surface area contributed by atoms with Gasteiger partial charge in [0.15, 0.2) is 0 Å². The van der Waals surface area contributed by atoms with Crippen LogP contribution in [0.5, 0.6) is 0 Å². The predicted octanol–water partition coefficient (Wildman–Crippen LogP) is 1.90. The van der Waals surface area contributed by atoms with Gasteiger partial charge >= 0.3 is 0 Å². The van der Waals surface area contributed by atoms with E-state index in [1.165, 1.54) is 6.07 Å². The van der Waals surface area contributed by atoms with Gasteiger partial charge in [-0.05, 0) is 30.7 Å². The first-order valence-electron chi connectivity index (χ1n) is 4.72. The molecule has 2 nitrogen and oxygen atoms in total. The van der Waals surface area contributed by atoms with E-state index in [1.807, 2.05) is 6.07 Å². The molecule has 0 radical (unpaired) electrons. The number of hydrogen-bond donors (Lipinski definition) is 1. The first-order valence-corrected chi connectivity index (χ1v) is 4.72. The normalized spacial score (nSPS) is 12.8. The maximum absolute atomic E-state index is 12.9. The van der Waals surface area contributed by atoms with Gasteiger partial charge in [0, 0.05) is 13.0 Å². The molecule has 0 aliphatic carbocycles. The Bertz CT molecular complexity index is 272. The highest BCUT2D eigenvalue weighted by Crippen LogP contribution is 2.19. The molecule has 0 saturated carbocycles. The van der Waals surface area contributed by atoms with Gasteiger partial charge in [0.1, 0.15) is 5.82 Å². The Labute approximate surface area is 83.9 Å². The third-order valence-corrected chi connectivity index (χ3v) is 2.20. The molecule has 0 aromatic heterocycles. The average Bonchev–Trinajstić information content (AvgIpc) is 2.17. The molecular weight excluding hydrogens is 181 g/mol. The first-order chi connectivity index (χ1) is 6.77. The molecule has 3 heteroatoms. The third kappa shape index (κ3) is 3.09. The average molecular weight is 197 g/mol. The summed E-state index contributed by atoms with van der Waals surface area (Å²) in [4.78, 5) is 0. The number of rotatable bonds is 5. The third-order valence-electron chi connectivity index (χ3n) is 2.20. The molecule has 78 valence electrons. The molecule has 14 heavy (non-hydrogen) atoms. The maximum atomic E-state index is 12.9. The molecule has 0 aliphatic rings. The predicted molar refractivity (Wildman–Crippen MR) is 54.7 cm³/mol. The van der Waals surface area contributed by atoms with E-state index in [-0.39, 0.29) is 11.7 Å². The van der Waals surface area contributed by atoms with E-state index in [4.69, 9.17) is 10.5 Å². The zero-order valence-electron chi connectivity index (χ0n) is 8.37. The fraction of sp³-hybridized carbons (Fsp3) is 0.455. The van der Waals surface area contributed by atoms with E-state index >= 15 is 0 Å². The van der Waals surface area contributed by atoms with E-state index in [9.17, 15) is 4.39 Å². The molecule has 0 bridgehead atoms. The molecule has 0 amide bonds. The fourth-order valence-corrected chi connectivity index (χ4v) is 1.51. The first kappa shape index (κ1) is 11.1.